The van der Waals surface area contributed by atoms with Crippen LogP contribution in [0.5, 0.6) is 17.2 Å². The summed E-state index contributed by atoms with van der Waals surface area (Å²) in [6.45, 7) is 0. The first kappa shape index (κ1) is 13.3. The van der Waals surface area contributed by atoms with E-state index in [-0.39, 0.29) is 11.3 Å². The van der Waals surface area contributed by atoms with Crippen LogP contribution in [0.15, 0.2) is 42.5 Å². The number of carbonyl (C=O) groups is 1. The summed E-state index contributed by atoms with van der Waals surface area (Å²) in [5.41, 5.74) is -0.362. The number of benzene rings is 2. The van der Waals surface area contributed by atoms with Crippen LogP contribution < -0.4 is 4.74 Å². The summed E-state index contributed by atoms with van der Waals surface area (Å²) < 4.78 is 5.35. The highest BCUT2D eigenvalue weighted by Crippen LogP contribution is 2.32. The summed E-state index contributed by atoms with van der Waals surface area (Å²) in [6.07, 6.45) is 0. The molecule has 0 unspecified atom stereocenters. The molecule has 0 spiro atoms. The van der Waals surface area contributed by atoms with Crippen molar-refractivity contribution in [2.24, 2.45) is 0 Å². The minimum absolute atomic E-state index is 0.106. The second-order valence-corrected chi connectivity index (χ2v) is 3.84. The van der Waals surface area contributed by atoms with Crippen molar-refractivity contribution in [1.29, 1.82) is 0 Å². The van der Waals surface area contributed by atoms with Crippen molar-refractivity contribution in [2.45, 2.75) is 0 Å². The van der Waals surface area contributed by atoms with E-state index in [1.807, 2.05) is 0 Å². The van der Waals surface area contributed by atoms with Gasteiger partial charge in [0.05, 0.1) is 16.6 Å². The van der Waals surface area contributed by atoms with E-state index in [9.17, 15) is 20.0 Å². The summed E-state index contributed by atoms with van der Waals surface area (Å²) in [5, 5.41) is 28.7. The van der Waals surface area contributed by atoms with Crippen molar-refractivity contribution in [3.05, 3.63) is 58.1 Å². The topological polar surface area (TPSA) is 110 Å². The number of hydrogen-bond acceptors (Lipinski definition) is 5. The maximum absolute atomic E-state index is 10.7. The van der Waals surface area contributed by atoms with Gasteiger partial charge < -0.3 is 14.9 Å². The van der Waals surface area contributed by atoms with Crippen molar-refractivity contribution >= 4 is 11.7 Å². The maximum Gasteiger partial charge on any atom is 0.335 e. The van der Waals surface area contributed by atoms with Gasteiger partial charge in [-0.3, -0.25) is 10.1 Å². The highest BCUT2D eigenvalue weighted by atomic mass is 16.6. The monoisotopic (exact) mass is 275 g/mol. The normalized spacial score (nSPS) is 10.0. The molecule has 0 aliphatic rings. The number of ether oxygens (including phenoxy) is 1. The highest BCUT2D eigenvalue weighted by molar-refractivity contribution is 5.87. The largest absolute Gasteiger partial charge is 0.502 e. The number of aromatic carboxylic acids is 1. The molecule has 0 radical (unpaired) electrons. The van der Waals surface area contributed by atoms with E-state index < -0.39 is 22.3 Å². The molecule has 0 aliphatic heterocycles. The fourth-order valence-corrected chi connectivity index (χ4v) is 1.51. The zero-order chi connectivity index (χ0) is 14.7. The van der Waals surface area contributed by atoms with Crippen LogP contribution in [0.1, 0.15) is 10.4 Å². The van der Waals surface area contributed by atoms with E-state index in [0.717, 1.165) is 12.1 Å². The van der Waals surface area contributed by atoms with Gasteiger partial charge >= 0.3 is 11.7 Å². The number of rotatable bonds is 4. The lowest BCUT2D eigenvalue weighted by atomic mass is 10.2. The van der Waals surface area contributed by atoms with Crippen LogP contribution >= 0.6 is 0 Å². The van der Waals surface area contributed by atoms with Crippen LogP contribution in [0.4, 0.5) is 5.69 Å². The summed E-state index contributed by atoms with van der Waals surface area (Å²) in [6, 6.07) is 9.18. The first-order valence-electron chi connectivity index (χ1n) is 5.46. The van der Waals surface area contributed by atoms with Crippen molar-refractivity contribution in [3.8, 4) is 17.2 Å². The maximum atomic E-state index is 10.7. The van der Waals surface area contributed by atoms with E-state index in [4.69, 9.17) is 9.84 Å². The van der Waals surface area contributed by atoms with Gasteiger partial charge in [0.2, 0.25) is 0 Å². The Balaban J connectivity index is 2.23. The van der Waals surface area contributed by atoms with Crippen LogP contribution in [0.3, 0.4) is 0 Å². The van der Waals surface area contributed by atoms with Crippen LogP contribution in [0.25, 0.3) is 0 Å². The van der Waals surface area contributed by atoms with Crippen molar-refractivity contribution in [3.63, 3.8) is 0 Å². The van der Waals surface area contributed by atoms with Crippen LogP contribution in [-0.4, -0.2) is 21.1 Å². The number of carboxylic acids is 1. The Hall–Kier alpha value is -3.09. The average molecular weight is 275 g/mol. The Labute approximate surface area is 112 Å². The first-order chi connectivity index (χ1) is 9.47. The number of phenolic OH excluding ortho intramolecular Hbond substituents is 1. The predicted octanol–water partition coefficient (Wildman–Crippen LogP) is 2.79. The standard InChI is InChI=1S/C13H9NO6/c15-12-6-5-10(7-11(12)14(18)19)20-9-3-1-8(2-4-9)13(16)17/h1-7,15H,(H,16,17). The number of nitro benzene ring substituents is 1. The Bertz CT molecular complexity index is 665. The lowest BCUT2D eigenvalue weighted by molar-refractivity contribution is -0.385. The van der Waals surface area contributed by atoms with Gasteiger partial charge in [0.15, 0.2) is 5.75 Å². The third-order valence-corrected chi connectivity index (χ3v) is 2.48. The number of aromatic hydroxyl groups is 1. The van der Waals surface area contributed by atoms with Crippen molar-refractivity contribution < 1.29 is 24.7 Å². The lowest BCUT2D eigenvalue weighted by Gasteiger charge is -2.06. The number of nitro groups is 1. The SMILES string of the molecule is O=C(O)c1ccc(Oc2ccc(O)c([N+](=O)[O-])c2)cc1. The van der Waals surface area contributed by atoms with Crippen LogP contribution in [0.2, 0.25) is 0 Å². The summed E-state index contributed by atoms with van der Waals surface area (Å²) in [5.74, 6) is -1.02. The van der Waals surface area contributed by atoms with Gasteiger partial charge in [0.1, 0.15) is 11.5 Å². The minimum atomic E-state index is -1.06. The highest BCUT2D eigenvalue weighted by Gasteiger charge is 2.14. The molecule has 0 saturated carbocycles. The number of hydrogen-bond donors (Lipinski definition) is 2. The summed E-state index contributed by atoms with van der Waals surface area (Å²) >= 11 is 0. The minimum Gasteiger partial charge on any atom is -0.502 e. The van der Waals surface area contributed by atoms with Gasteiger partial charge in [-0.15, -0.1) is 0 Å². The molecule has 2 aromatic rings. The molecular formula is C13H9NO6. The molecule has 102 valence electrons. The quantitative estimate of drug-likeness (QED) is 0.655. The molecule has 0 saturated heterocycles. The molecule has 0 aliphatic carbocycles. The molecule has 0 amide bonds. The molecule has 20 heavy (non-hydrogen) atoms. The zero-order valence-corrected chi connectivity index (χ0v) is 10.0. The second kappa shape index (κ2) is 5.27. The zero-order valence-electron chi connectivity index (χ0n) is 10.0. The summed E-state index contributed by atoms with van der Waals surface area (Å²) in [7, 11) is 0. The molecule has 0 fully saturated rings. The van der Waals surface area contributed by atoms with Gasteiger partial charge in [0, 0.05) is 0 Å². The average Bonchev–Trinajstić information content (AvgIpc) is 2.41. The summed E-state index contributed by atoms with van der Waals surface area (Å²) in [4.78, 5) is 20.6. The van der Waals surface area contributed by atoms with Crippen LogP contribution in [-0.2, 0) is 0 Å². The molecule has 7 heteroatoms. The Morgan fingerprint density at radius 2 is 1.70 bits per heavy atom. The van der Waals surface area contributed by atoms with Gasteiger partial charge in [0.25, 0.3) is 0 Å². The van der Waals surface area contributed by atoms with Crippen molar-refractivity contribution in [1.82, 2.24) is 0 Å². The van der Waals surface area contributed by atoms with Gasteiger partial charge in [-0.2, -0.15) is 0 Å². The fraction of sp³-hybridized carbons (Fsp3) is 0. The van der Waals surface area contributed by atoms with E-state index in [0.29, 0.717) is 5.75 Å². The molecule has 0 heterocycles. The van der Waals surface area contributed by atoms with Gasteiger partial charge in [-0.05, 0) is 36.4 Å². The lowest BCUT2D eigenvalue weighted by Crippen LogP contribution is -1.95. The number of phenols is 1. The third-order valence-electron chi connectivity index (χ3n) is 2.48. The second-order valence-electron chi connectivity index (χ2n) is 3.84. The smallest absolute Gasteiger partial charge is 0.335 e. The van der Waals surface area contributed by atoms with E-state index >= 15 is 0 Å². The predicted molar refractivity (Wildman–Crippen MR) is 68.2 cm³/mol. The Morgan fingerprint density at radius 3 is 2.25 bits per heavy atom. The van der Waals surface area contributed by atoms with Gasteiger partial charge in [-0.25, -0.2) is 4.79 Å². The Kier molecular flexibility index (Phi) is 3.52. The Morgan fingerprint density at radius 1 is 1.10 bits per heavy atom. The number of carboxylic acid groups (broad SMARTS) is 1. The van der Waals surface area contributed by atoms with Crippen molar-refractivity contribution in [2.75, 3.05) is 0 Å². The van der Waals surface area contributed by atoms with E-state index in [2.05, 4.69) is 0 Å². The molecule has 2 rings (SSSR count). The molecule has 0 bridgehead atoms. The van der Waals surface area contributed by atoms with E-state index in [1.54, 1.807) is 0 Å². The number of nitrogens with zero attached hydrogens (tertiary/aromatic N) is 1. The fourth-order valence-electron chi connectivity index (χ4n) is 1.51. The molecule has 0 aromatic heterocycles. The van der Waals surface area contributed by atoms with E-state index in [1.165, 1.54) is 30.3 Å². The molecule has 7 nitrogen and oxygen atoms in total. The molecule has 2 aromatic carbocycles. The van der Waals surface area contributed by atoms with Gasteiger partial charge in [-0.1, -0.05) is 0 Å². The third kappa shape index (κ3) is 2.83. The first-order valence-corrected chi connectivity index (χ1v) is 5.46. The molecular weight excluding hydrogens is 266 g/mol. The van der Waals surface area contributed by atoms with Crippen LogP contribution in [0, 0.1) is 10.1 Å². The molecule has 2 N–H and O–H groups in total. The molecule has 0 atom stereocenters.